The van der Waals surface area contributed by atoms with Gasteiger partial charge in [0.1, 0.15) is 6.54 Å². The highest BCUT2D eigenvalue weighted by molar-refractivity contribution is 6.40. The molecule has 0 unspecified atom stereocenters. The molecule has 0 aliphatic rings. The second kappa shape index (κ2) is 8.12. The van der Waals surface area contributed by atoms with Gasteiger partial charge in [0.25, 0.3) is 0 Å². The Balaban J connectivity index is 2.85. The van der Waals surface area contributed by atoms with Gasteiger partial charge in [-0.2, -0.15) is 0 Å². The molecule has 0 heterocycles. The van der Waals surface area contributed by atoms with Gasteiger partial charge >= 0.3 is 0 Å². The van der Waals surface area contributed by atoms with Crippen LogP contribution in [0, 0.1) is 0 Å². The fraction of sp³-hybridized carbons (Fsp3) is 0.429. The SMILES string of the molecule is CCCCNC(=O)CN(C(C)=O)c1c(Cl)cccc1Cl. The summed E-state index contributed by atoms with van der Waals surface area (Å²) >= 11 is 12.1. The maximum absolute atomic E-state index is 11.8. The number of rotatable bonds is 6. The van der Waals surface area contributed by atoms with E-state index in [1.54, 1.807) is 18.2 Å². The first-order valence-corrected chi connectivity index (χ1v) is 7.21. The predicted molar refractivity (Wildman–Crippen MR) is 82.4 cm³/mol. The Morgan fingerprint density at radius 1 is 1.25 bits per heavy atom. The van der Waals surface area contributed by atoms with Crippen molar-refractivity contribution in [1.82, 2.24) is 5.32 Å². The molecule has 20 heavy (non-hydrogen) atoms. The maximum atomic E-state index is 11.8. The van der Waals surface area contributed by atoms with Crippen molar-refractivity contribution >= 4 is 40.7 Å². The quantitative estimate of drug-likeness (QED) is 0.819. The van der Waals surface area contributed by atoms with E-state index in [9.17, 15) is 9.59 Å². The summed E-state index contributed by atoms with van der Waals surface area (Å²) in [5.74, 6) is -0.518. The molecule has 110 valence electrons. The van der Waals surface area contributed by atoms with Gasteiger partial charge in [-0.3, -0.25) is 9.59 Å². The lowest BCUT2D eigenvalue weighted by atomic mass is 10.2. The highest BCUT2D eigenvalue weighted by Gasteiger charge is 2.20. The highest BCUT2D eigenvalue weighted by atomic mass is 35.5. The van der Waals surface area contributed by atoms with Crippen LogP contribution < -0.4 is 10.2 Å². The van der Waals surface area contributed by atoms with Gasteiger partial charge in [-0.1, -0.05) is 42.6 Å². The first-order valence-electron chi connectivity index (χ1n) is 6.46. The number of hydrogen-bond acceptors (Lipinski definition) is 2. The lowest BCUT2D eigenvalue weighted by Gasteiger charge is -2.22. The first kappa shape index (κ1) is 16.8. The van der Waals surface area contributed by atoms with Gasteiger partial charge < -0.3 is 10.2 Å². The van der Waals surface area contributed by atoms with Gasteiger partial charge in [0.05, 0.1) is 15.7 Å². The van der Waals surface area contributed by atoms with Crippen molar-refractivity contribution < 1.29 is 9.59 Å². The number of nitrogens with zero attached hydrogens (tertiary/aromatic N) is 1. The molecule has 0 atom stereocenters. The molecule has 0 bridgehead atoms. The largest absolute Gasteiger partial charge is 0.355 e. The summed E-state index contributed by atoms with van der Waals surface area (Å²) in [6, 6.07) is 4.95. The second-order valence-electron chi connectivity index (χ2n) is 4.38. The monoisotopic (exact) mass is 316 g/mol. The Morgan fingerprint density at radius 3 is 2.35 bits per heavy atom. The molecule has 1 rings (SSSR count). The number of halogens is 2. The zero-order valence-corrected chi connectivity index (χ0v) is 13.1. The van der Waals surface area contributed by atoms with Gasteiger partial charge in [-0.25, -0.2) is 0 Å². The maximum Gasteiger partial charge on any atom is 0.240 e. The minimum atomic E-state index is -0.286. The Kier molecular flexibility index (Phi) is 6.82. The third-order valence-electron chi connectivity index (χ3n) is 2.74. The normalized spacial score (nSPS) is 10.2. The molecule has 0 radical (unpaired) electrons. The Labute approximate surface area is 129 Å². The second-order valence-corrected chi connectivity index (χ2v) is 5.19. The summed E-state index contributed by atoms with van der Waals surface area (Å²) < 4.78 is 0. The highest BCUT2D eigenvalue weighted by Crippen LogP contribution is 2.33. The van der Waals surface area contributed by atoms with Crippen LogP contribution in [0.1, 0.15) is 26.7 Å². The van der Waals surface area contributed by atoms with Crippen LogP contribution >= 0.6 is 23.2 Å². The number of hydrogen-bond donors (Lipinski definition) is 1. The number of para-hydroxylation sites is 1. The zero-order chi connectivity index (χ0) is 15.1. The van der Waals surface area contributed by atoms with Crippen LogP contribution in [-0.2, 0) is 9.59 Å². The van der Waals surface area contributed by atoms with E-state index in [0.717, 1.165) is 12.8 Å². The number of benzene rings is 1. The van der Waals surface area contributed by atoms with Crippen LogP contribution in [0.4, 0.5) is 5.69 Å². The van der Waals surface area contributed by atoms with Crippen LogP contribution in [0.3, 0.4) is 0 Å². The Morgan fingerprint density at radius 2 is 1.85 bits per heavy atom. The molecule has 1 aromatic carbocycles. The molecule has 0 fully saturated rings. The van der Waals surface area contributed by atoms with E-state index in [1.165, 1.54) is 11.8 Å². The van der Waals surface area contributed by atoms with Crippen molar-refractivity contribution in [1.29, 1.82) is 0 Å². The van der Waals surface area contributed by atoms with Crippen LogP contribution in [0.2, 0.25) is 10.0 Å². The molecule has 1 N–H and O–H groups in total. The first-order chi connectivity index (χ1) is 9.47. The lowest BCUT2D eigenvalue weighted by Crippen LogP contribution is -2.40. The average Bonchev–Trinajstić information content (AvgIpc) is 2.37. The molecule has 0 aromatic heterocycles. The summed E-state index contributed by atoms with van der Waals surface area (Å²) in [5, 5.41) is 3.44. The summed E-state index contributed by atoms with van der Waals surface area (Å²) in [5.41, 5.74) is 0.369. The van der Waals surface area contributed by atoms with Gasteiger partial charge in [0.2, 0.25) is 11.8 Å². The van der Waals surface area contributed by atoms with E-state index in [0.29, 0.717) is 22.3 Å². The summed E-state index contributed by atoms with van der Waals surface area (Å²) in [7, 11) is 0. The number of anilines is 1. The molecule has 1 aromatic rings. The molecular formula is C14H18Cl2N2O2. The van der Waals surface area contributed by atoms with Crippen molar-refractivity contribution in [2.45, 2.75) is 26.7 Å². The standard InChI is InChI=1S/C14H18Cl2N2O2/c1-3-4-8-17-13(20)9-18(10(2)19)14-11(15)6-5-7-12(14)16/h5-7H,3-4,8-9H2,1-2H3,(H,17,20). The van der Waals surface area contributed by atoms with E-state index in [2.05, 4.69) is 5.32 Å². The molecule has 0 aliphatic heterocycles. The molecule has 4 nitrogen and oxygen atoms in total. The van der Waals surface area contributed by atoms with Crippen LogP contribution in [-0.4, -0.2) is 24.9 Å². The third-order valence-corrected chi connectivity index (χ3v) is 3.35. The van der Waals surface area contributed by atoms with Crippen LogP contribution in [0.25, 0.3) is 0 Å². The third kappa shape index (κ3) is 4.69. The fourth-order valence-electron chi connectivity index (χ4n) is 1.70. The molecule has 6 heteroatoms. The number of nitrogens with one attached hydrogen (secondary N) is 1. The Hall–Kier alpha value is -1.26. The number of amides is 2. The van der Waals surface area contributed by atoms with Crippen LogP contribution in [0.15, 0.2) is 18.2 Å². The van der Waals surface area contributed by atoms with E-state index < -0.39 is 0 Å². The van der Waals surface area contributed by atoms with Gasteiger partial charge in [-0.15, -0.1) is 0 Å². The van der Waals surface area contributed by atoms with Crippen molar-refractivity contribution in [3.05, 3.63) is 28.2 Å². The lowest BCUT2D eigenvalue weighted by molar-refractivity contribution is -0.123. The number of carbonyl (C=O) groups is 2. The molecule has 0 saturated heterocycles. The van der Waals surface area contributed by atoms with E-state index in [-0.39, 0.29) is 18.4 Å². The van der Waals surface area contributed by atoms with Gasteiger partial charge in [0, 0.05) is 13.5 Å². The number of carbonyl (C=O) groups excluding carboxylic acids is 2. The number of unbranched alkanes of at least 4 members (excludes halogenated alkanes) is 1. The summed E-state index contributed by atoms with van der Waals surface area (Å²) in [6.45, 7) is 3.91. The molecule has 0 aliphatic carbocycles. The van der Waals surface area contributed by atoms with Crippen molar-refractivity contribution in [2.75, 3.05) is 18.0 Å². The van der Waals surface area contributed by atoms with Crippen molar-refractivity contribution in [3.63, 3.8) is 0 Å². The average molecular weight is 317 g/mol. The van der Waals surface area contributed by atoms with Crippen molar-refractivity contribution in [2.24, 2.45) is 0 Å². The fourth-order valence-corrected chi connectivity index (χ4v) is 2.30. The smallest absolute Gasteiger partial charge is 0.240 e. The van der Waals surface area contributed by atoms with E-state index in [4.69, 9.17) is 23.2 Å². The minimum absolute atomic E-state index is 0.0947. The van der Waals surface area contributed by atoms with Gasteiger partial charge in [-0.05, 0) is 18.6 Å². The topological polar surface area (TPSA) is 49.4 Å². The minimum Gasteiger partial charge on any atom is -0.355 e. The van der Waals surface area contributed by atoms with Crippen molar-refractivity contribution in [3.8, 4) is 0 Å². The molecule has 0 saturated carbocycles. The van der Waals surface area contributed by atoms with Gasteiger partial charge in [0.15, 0.2) is 0 Å². The molecular weight excluding hydrogens is 299 g/mol. The summed E-state index contributed by atoms with van der Waals surface area (Å²) in [4.78, 5) is 24.9. The zero-order valence-electron chi connectivity index (χ0n) is 11.6. The van der Waals surface area contributed by atoms with E-state index in [1.807, 2.05) is 6.92 Å². The molecule has 2 amide bonds. The van der Waals surface area contributed by atoms with Crippen LogP contribution in [0.5, 0.6) is 0 Å². The predicted octanol–water partition coefficient (Wildman–Crippen LogP) is 3.26. The van der Waals surface area contributed by atoms with E-state index >= 15 is 0 Å². The molecule has 0 spiro atoms. The summed E-state index contributed by atoms with van der Waals surface area (Å²) in [6.07, 6.45) is 1.89. The Bertz CT molecular complexity index is 472.